The summed E-state index contributed by atoms with van der Waals surface area (Å²) < 4.78 is 11.3. The lowest BCUT2D eigenvalue weighted by atomic mass is 10.1. The number of hydrogen-bond donors (Lipinski definition) is 2. The lowest BCUT2D eigenvalue weighted by Crippen LogP contribution is -2.36. The van der Waals surface area contributed by atoms with Crippen LogP contribution < -0.4 is 25.2 Å². The molecule has 0 aliphatic carbocycles. The van der Waals surface area contributed by atoms with Gasteiger partial charge in [-0.05, 0) is 49.4 Å². The first-order valence-corrected chi connectivity index (χ1v) is 11.5. The molecule has 1 heterocycles. The minimum absolute atomic E-state index is 0.0840. The molecule has 176 valence electrons. The van der Waals surface area contributed by atoms with Crippen LogP contribution in [0.2, 0.25) is 5.02 Å². The van der Waals surface area contributed by atoms with Gasteiger partial charge in [0.25, 0.3) is 0 Å². The van der Waals surface area contributed by atoms with Crippen molar-refractivity contribution < 1.29 is 19.1 Å². The van der Waals surface area contributed by atoms with Crippen LogP contribution in [0.5, 0.6) is 11.5 Å². The third kappa shape index (κ3) is 5.80. The second-order valence-corrected chi connectivity index (χ2v) is 8.26. The Morgan fingerprint density at radius 3 is 2.59 bits per heavy atom. The topological polar surface area (TPSA) is 79.9 Å². The van der Waals surface area contributed by atoms with Gasteiger partial charge in [0.15, 0.2) is 0 Å². The first kappa shape index (κ1) is 23.4. The molecule has 0 unspecified atom stereocenters. The molecule has 3 aromatic carbocycles. The van der Waals surface area contributed by atoms with Crippen molar-refractivity contribution in [2.45, 2.75) is 20.0 Å². The average molecular weight is 480 g/mol. The fraction of sp³-hybridized carbons (Fsp3) is 0.231. The van der Waals surface area contributed by atoms with E-state index in [9.17, 15) is 9.59 Å². The van der Waals surface area contributed by atoms with Crippen LogP contribution in [0.15, 0.2) is 72.8 Å². The van der Waals surface area contributed by atoms with E-state index in [4.69, 9.17) is 21.1 Å². The number of amides is 2. The second-order valence-electron chi connectivity index (χ2n) is 7.85. The summed E-state index contributed by atoms with van der Waals surface area (Å²) in [6.45, 7) is 3.15. The van der Waals surface area contributed by atoms with Crippen LogP contribution in [0.3, 0.4) is 0 Å². The second kappa shape index (κ2) is 10.9. The molecule has 0 radical (unpaired) electrons. The van der Waals surface area contributed by atoms with Crippen molar-refractivity contribution in [3.63, 3.8) is 0 Å². The zero-order chi connectivity index (χ0) is 23.9. The van der Waals surface area contributed by atoms with E-state index in [0.29, 0.717) is 36.2 Å². The maximum atomic E-state index is 12.7. The summed E-state index contributed by atoms with van der Waals surface area (Å²) in [6, 6.07) is 22.0. The minimum Gasteiger partial charge on any atom is -0.494 e. The maximum Gasteiger partial charge on any atom is 0.243 e. The number of benzene rings is 3. The Bertz CT molecular complexity index is 1150. The van der Waals surface area contributed by atoms with Crippen molar-refractivity contribution in [2.24, 2.45) is 5.92 Å². The number of halogens is 1. The van der Waals surface area contributed by atoms with Gasteiger partial charge in [-0.15, -0.1) is 0 Å². The molecule has 1 aliphatic rings. The fourth-order valence-corrected chi connectivity index (χ4v) is 3.89. The first-order valence-electron chi connectivity index (χ1n) is 11.1. The predicted octanol–water partition coefficient (Wildman–Crippen LogP) is 4.81. The zero-order valence-electron chi connectivity index (χ0n) is 18.8. The van der Waals surface area contributed by atoms with Crippen molar-refractivity contribution in [3.8, 4) is 11.5 Å². The number of rotatable bonds is 9. The molecular weight excluding hydrogens is 454 g/mol. The summed E-state index contributed by atoms with van der Waals surface area (Å²) in [5.74, 6) is 0.598. The summed E-state index contributed by atoms with van der Waals surface area (Å²) in [6.07, 6.45) is 0.154. The maximum absolute atomic E-state index is 12.7. The monoisotopic (exact) mass is 479 g/mol. The van der Waals surface area contributed by atoms with E-state index in [1.54, 1.807) is 11.0 Å². The molecule has 34 heavy (non-hydrogen) atoms. The molecule has 1 atom stereocenters. The van der Waals surface area contributed by atoms with Crippen LogP contribution in [0.25, 0.3) is 0 Å². The molecule has 0 saturated carbocycles. The molecule has 3 aromatic rings. The molecule has 1 saturated heterocycles. The normalized spacial score (nSPS) is 15.2. The van der Waals surface area contributed by atoms with Crippen LogP contribution in [-0.4, -0.2) is 25.0 Å². The number of anilines is 2. The molecular formula is C26H26ClN3O4. The van der Waals surface area contributed by atoms with E-state index in [1.807, 2.05) is 73.7 Å². The predicted molar refractivity (Wildman–Crippen MR) is 132 cm³/mol. The molecule has 7 nitrogen and oxygen atoms in total. The summed E-state index contributed by atoms with van der Waals surface area (Å²) in [5.41, 5.74) is 7.92. The molecule has 8 heteroatoms. The van der Waals surface area contributed by atoms with Gasteiger partial charge in [-0.3, -0.25) is 20.4 Å². The van der Waals surface area contributed by atoms with Gasteiger partial charge in [-0.1, -0.05) is 35.9 Å². The minimum atomic E-state index is -0.453. The summed E-state index contributed by atoms with van der Waals surface area (Å²) in [5, 5.41) is 0.648. The lowest BCUT2D eigenvalue weighted by Gasteiger charge is -2.17. The van der Waals surface area contributed by atoms with E-state index < -0.39 is 5.92 Å². The van der Waals surface area contributed by atoms with E-state index >= 15 is 0 Å². The Balaban J connectivity index is 1.30. The number of carbonyl (C=O) groups is 2. The SMILES string of the molecule is CCOc1ccc(N2C[C@@H](C(=O)NNc3cccc(OCc4ccccc4Cl)c3)CC2=O)cc1. The van der Waals surface area contributed by atoms with Crippen LogP contribution in [0.4, 0.5) is 11.4 Å². The van der Waals surface area contributed by atoms with Crippen molar-refractivity contribution in [3.05, 3.63) is 83.4 Å². The van der Waals surface area contributed by atoms with Crippen LogP contribution >= 0.6 is 11.6 Å². The quantitative estimate of drug-likeness (QED) is 0.430. The molecule has 1 aliphatic heterocycles. The summed E-state index contributed by atoms with van der Waals surface area (Å²) in [7, 11) is 0. The third-order valence-corrected chi connectivity index (χ3v) is 5.84. The van der Waals surface area contributed by atoms with Crippen molar-refractivity contribution in [2.75, 3.05) is 23.5 Å². The molecule has 1 fully saturated rings. The smallest absolute Gasteiger partial charge is 0.243 e. The van der Waals surface area contributed by atoms with Gasteiger partial charge in [0.05, 0.1) is 18.2 Å². The number of ether oxygens (including phenoxy) is 2. The lowest BCUT2D eigenvalue weighted by molar-refractivity contribution is -0.125. The van der Waals surface area contributed by atoms with Crippen LogP contribution in [-0.2, 0) is 16.2 Å². The van der Waals surface area contributed by atoms with Crippen LogP contribution in [0.1, 0.15) is 18.9 Å². The fourth-order valence-electron chi connectivity index (χ4n) is 3.70. The van der Waals surface area contributed by atoms with Gasteiger partial charge >= 0.3 is 0 Å². The van der Waals surface area contributed by atoms with Crippen molar-refractivity contribution >= 4 is 34.8 Å². The molecule has 0 aromatic heterocycles. The molecule has 2 N–H and O–H groups in total. The van der Waals surface area contributed by atoms with E-state index in [2.05, 4.69) is 10.9 Å². The number of nitrogens with one attached hydrogen (secondary N) is 2. The Morgan fingerprint density at radius 1 is 1.03 bits per heavy atom. The largest absolute Gasteiger partial charge is 0.494 e. The Hall–Kier alpha value is -3.71. The van der Waals surface area contributed by atoms with Gasteiger partial charge < -0.3 is 14.4 Å². The highest BCUT2D eigenvalue weighted by Gasteiger charge is 2.35. The Morgan fingerprint density at radius 2 is 1.82 bits per heavy atom. The summed E-state index contributed by atoms with van der Waals surface area (Å²) >= 11 is 6.17. The summed E-state index contributed by atoms with van der Waals surface area (Å²) in [4.78, 5) is 26.8. The van der Waals surface area contributed by atoms with Crippen molar-refractivity contribution in [1.29, 1.82) is 0 Å². The van der Waals surface area contributed by atoms with Crippen molar-refractivity contribution in [1.82, 2.24) is 5.43 Å². The highest BCUT2D eigenvalue weighted by Crippen LogP contribution is 2.27. The number of hydrazine groups is 1. The third-order valence-electron chi connectivity index (χ3n) is 5.47. The van der Waals surface area contributed by atoms with Gasteiger partial charge in [-0.25, -0.2) is 0 Å². The molecule has 4 rings (SSSR count). The average Bonchev–Trinajstić information content (AvgIpc) is 3.25. The highest BCUT2D eigenvalue weighted by atomic mass is 35.5. The van der Waals surface area contributed by atoms with Crippen LogP contribution in [0, 0.1) is 5.92 Å². The van der Waals surface area contributed by atoms with Gasteiger partial charge in [0.2, 0.25) is 11.8 Å². The molecule has 0 spiro atoms. The molecule has 2 amide bonds. The number of carbonyl (C=O) groups excluding carboxylic acids is 2. The zero-order valence-corrected chi connectivity index (χ0v) is 19.5. The van der Waals surface area contributed by atoms with E-state index in [-0.39, 0.29) is 18.2 Å². The van der Waals surface area contributed by atoms with E-state index in [0.717, 1.165) is 17.0 Å². The van der Waals surface area contributed by atoms with Gasteiger partial charge in [0.1, 0.15) is 18.1 Å². The Kier molecular flexibility index (Phi) is 7.54. The molecule has 0 bridgehead atoms. The number of hydrogen-bond acceptors (Lipinski definition) is 5. The van der Waals surface area contributed by atoms with Gasteiger partial charge in [0, 0.05) is 35.3 Å². The van der Waals surface area contributed by atoms with E-state index in [1.165, 1.54) is 0 Å². The van der Waals surface area contributed by atoms with Gasteiger partial charge in [-0.2, -0.15) is 0 Å². The number of nitrogens with zero attached hydrogens (tertiary/aromatic N) is 1. The Labute approximate surface area is 203 Å². The first-order chi connectivity index (χ1) is 16.5. The standard InChI is InChI=1S/C26H26ClN3O4/c1-2-33-22-12-10-21(11-13-22)30-16-19(14-25(30)31)26(32)29-28-20-7-5-8-23(15-20)34-17-18-6-3-4-9-24(18)27/h3-13,15,19,28H,2,14,16-17H2,1H3,(H,29,32)/t19-/m0/s1. The highest BCUT2D eigenvalue weighted by molar-refractivity contribution is 6.31.